The van der Waals surface area contributed by atoms with Crippen molar-refractivity contribution in [2.24, 2.45) is 0 Å². The Bertz CT molecular complexity index is 1270. The molecule has 0 radical (unpaired) electrons. The molecular weight excluding hydrogens is 589 g/mol. The Morgan fingerprint density at radius 1 is 0.837 bits per heavy atom. The van der Waals surface area contributed by atoms with E-state index in [1.165, 1.54) is 18.7 Å². The smallest absolute Gasteiger partial charge is 0.313 e. The van der Waals surface area contributed by atoms with Crippen molar-refractivity contribution in [3.8, 4) is 70.9 Å². The van der Waals surface area contributed by atoms with E-state index in [-0.39, 0.29) is 25.4 Å². The van der Waals surface area contributed by atoms with Crippen LogP contribution < -0.4 is 4.89 Å². The molecule has 11 heteroatoms. The van der Waals surface area contributed by atoms with Crippen LogP contribution in [-0.4, -0.2) is 82.2 Å². The third kappa shape index (κ3) is 30.2. The number of hydrogen-bond acceptors (Lipinski definition) is 9. The molecule has 0 saturated heterocycles. The number of unbranched alkanes of at least 4 members (excludes halogenated alkanes) is 5. The molecule has 0 aliphatic carbocycles. The summed E-state index contributed by atoms with van der Waals surface area (Å²) in [6, 6.07) is 0. The van der Waals surface area contributed by atoms with Gasteiger partial charge in [0.1, 0.15) is 25.4 Å². The topological polar surface area (TPSA) is 111 Å². The van der Waals surface area contributed by atoms with Crippen LogP contribution in [-0.2, 0) is 32.7 Å². The minimum atomic E-state index is -4.48. The number of phosphoric acid groups is 1. The van der Waals surface area contributed by atoms with Crippen LogP contribution >= 0.6 is 19.6 Å². The van der Waals surface area contributed by atoms with Crippen molar-refractivity contribution in [3.05, 3.63) is 0 Å². The Kier molecular flexibility index (Phi) is 23.5. The van der Waals surface area contributed by atoms with E-state index in [0.717, 1.165) is 38.5 Å². The van der Waals surface area contributed by atoms with Gasteiger partial charge in [-0.3, -0.25) is 14.2 Å². The molecule has 0 saturated carbocycles. The average Bonchev–Trinajstić information content (AvgIpc) is 2.91. The highest BCUT2D eigenvalue weighted by Gasteiger charge is 2.17. The first-order valence-corrected chi connectivity index (χ1v) is 16.1. The van der Waals surface area contributed by atoms with Gasteiger partial charge in [0, 0.05) is 12.4 Å². The summed E-state index contributed by atoms with van der Waals surface area (Å²) in [5.41, 5.74) is 0. The monoisotopic (exact) mass is 629 g/mol. The Morgan fingerprint density at radius 3 is 1.98 bits per heavy atom. The number of phosphoric ester groups is 1. The van der Waals surface area contributed by atoms with Gasteiger partial charge in [-0.05, 0) is 84.2 Å². The number of rotatable bonds is 21. The molecule has 0 aliphatic heterocycles. The van der Waals surface area contributed by atoms with E-state index in [1.807, 2.05) is 21.1 Å². The SMILES string of the molecule is C#CC#CC#CC#CC#CC#CSCC(COP(=O)([O-])OCC[N+](C)(C)C)OCCCCCCCCOC(=O)CC(C)=O. The standard InChI is InChI=1S/C32H40NO8PS/c1-6-7-8-9-10-11-12-15-18-21-26-43-29-31(28-41-42(36,37)40-25-22-33(3,4)5)38-23-19-16-13-14-17-20-24-39-32(35)27-30(2)34/h1,31H,13-14,16-17,19-20,22-25,27-29H2,2-5H3. The Labute approximate surface area is 261 Å². The first-order chi connectivity index (χ1) is 20.4. The van der Waals surface area contributed by atoms with Crippen LogP contribution in [0.15, 0.2) is 0 Å². The minimum Gasteiger partial charge on any atom is -0.756 e. The molecule has 0 aromatic rings. The van der Waals surface area contributed by atoms with Crippen LogP contribution in [0.2, 0.25) is 0 Å². The second-order valence-electron chi connectivity index (χ2n) is 9.99. The third-order valence-electron chi connectivity index (χ3n) is 4.94. The normalized spacial score (nSPS) is 11.9. The van der Waals surface area contributed by atoms with Crippen molar-refractivity contribution in [1.82, 2.24) is 0 Å². The summed E-state index contributed by atoms with van der Waals surface area (Å²) in [5.74, 6) is 24.3. The highest BCUT2D eigenvalue weighted by molar-refractivity contribution is 8.03. The van der Waals surface area contributed by atoms with Crippen LogP contribution in [0, 0.1) is 70.9 Å². The molecule has 43 heavy (non-hydrogen) atoms. The van der Waals surface area contributed by atoms with Crippen molar-refractivity contribution in [3.63, 3.8) is 0 Å². The summed E-state index contributed by atoms with van der Waals surface area (Å²) in [5, 5.41) is 2.81. The summed E-state index contributed by atoms with van der Waals surface area (Å²) in [4.78, 5) is 34.4. The number of carbonyl (C=O) groups is 2. The molecule has 0 fully saturated rings. The Hall–Kier alpha value is -3.12. The molecule has 0 heterocycles. The van der Waals surface area contributed by atoms with Crippen molar-refractivity contribution in [2.75, 3.05) is 59.9 Å². The largest absolute Gasteiger partial charge is 0.756 e. The average molecular weight is 630 g/mol. The van der Waals surface area contributed by atoms with Gasteiger partial charge in [-0.2, -0.15) is 0 Å². The van der Waals surface area contributed by atoms with Gasteiger partial charge >= 0.3 is 5.97 Å². The zero-order valence-corrected chi connectivity index (χ0v) is 27.1. The summed E-state index contributed by atoms with van der Waals surface area (Å²) >= 11 is 1.22. The fraction of sp³-hybridized carbons (Fsp3) is 0.562. The van der Waals surface area contributed by atoms with Crippen molar-refractivity contribution < 1.29 is 42.1 Å². The number of nitrogens with zero attached hydrogens (tertiary/aromatic N) is 1. The van der Waals surface area contributed by atoms with Crippen LogP contribution in [0.1, 0.15) is 51.9 Å². The highest BCUT2D eigenvalue weighted by atomic mass is 32.2. The number of quaternary nitrogens is 1. The third-order valence-corrected chi connectivity index (χ3v) is 6.69. The molecule has 0 N–H and O–H groups in total. The van der Waals surface area contributed by atoms with Crippen LogP contribution in [0.3, 0.4) is 0 Å². The first kappa shape index (κ1) is 39.9. The predicted octanol–water partition coefficient (Wildman–Crippen LogP) is 2.78. The lowest BCUT2D eigenvalue weighted by Crippen LogP contribution is -2.37. The number of ketones is 1. The molecule has 0 spiro atoms. The molecule has 0 aromatic carbocycles. The maximum atomic E-state index is 12.2. The van der Waals surface area contributed by atoms with Gasteiger partial charge in [0.05, 0.1) is 40.5 Å². The minimum absolute atomic E-state index is 0.0162. The summed E-state index contributed by atoms with van der Waals surface area (Å²) in [7, 11) is 1.31. The summed E-state index contributed by atoms with van der Waals surface area (Å²) in [6.07, 6.45) is 9.60. The van der Waals surface area contributed by atoms with E-state index >= 15 is 0 Å². The van der Waals surface area contributed by atoms with Gasteiger partial charge in [-0.1, -0.05) is 37.4 Å². The van der Waals surface area contributed by atoms with Gasteiger partial charge in [-0.25, -0.2) is 0 Å². The molecule has 0 rings (SSSR count). The quantitative estimate of drug-likeness (QED) is 0.0473. The maximum Gasteiger partial charge on any atom is 0.313 e. The van der Waals surface area contributed by atoms with Crippen molar-refractivity contribution in [1.29, 1.82) is 0 Å². The van der Waals surface area contributed by atoms with E-state index in [4.69, 9.17) is 24.9 Å². The molecule has 2 atom stereocenters. The van der Waals surface area contributed by atoms with E-state index in [1.54, 1.807) is 0 Å². The van der Waals surface area contributed by atoms with Gasteiger partial charge in [0.15, 0.2) is 0 Å². The predicted molar refractivity (Wildman–Crippen MR) is 166 cm³/mol. The van der Waals surface area contributed by atoms with Crippen LogP contribution in [0.5, 0.6) is 0 Å². The number of terminal acetylenes is 1. The first-order valence-electron chi connectivity index (χ1n) is 13.7. The molecule has 0 bridgehead atoms. The Morgan fingerprint density at radius 2 is 1.40 bits per heavy atom. The molecule has 232 valence electrons. The van der Waals surface area contributed by atoms with Crippen molar-refractivity contribution >= 4 is 31.3 Å². The molecule has 0 aliphatic rings. The number of hydrogen-bond donors (Lipinski definition) is 0. The molecule has 2 unspecified atom stereocenters. The van der Waals surface area contributed by atoms with Crippen LogP contribution in [0.25, 0.3) is 0 Å². The molecular formula is C32H40NO8PS. The van der Waals surface area contributed by atoms with Gasteiger partial charge in [0.25, 0.3) is 7.82 Å². The highest BCUT2D eigenvalue weighted by Crippen LogP contribution is 2.38. The lowest BCUT2D eigenvalue weighted by atomic mass is 10.1. The number of ether oxygens (including phenoxy) is 2. The van der Waals surface area contributed by atoms with Crippen LogP contribution in [0.4, 0.5) is 0 Å². The summed E-state index contributed by atoms with van der Waals surface area (Å²) in [6.45, 7) is 2.43. The maximum absolute atomic E-state index is 12.2. The van der Waals surface area contributed by atoms with Gasteiger partial charge in [0.2, 0.25) is 0 Å². The van der Waals surface area contributed by atoms with E-state index in [2.05, 4.69) is 64.5 Å². The number of esters is 1. The molecule has 9 nitrogen and oxygen atoms in total. The molecule has 0 aromatic heterocycles. The number of likely N-dealkylation sites (N-methyl/N-ethyl adjacent to an activating group) is 1. The fourth-order valence-corrected chi connectivity index (χ4v) is 4.15. The summed E-state index contributed by atoms with van der Waals surface area (Å²) < 4.78 is 33.7. The van der Waals surface area contributed by atoms with E-state index in [9.17, 15) is 19.0 Å². The number of carbonyl (C=O) groups excluding carboxylic acids is 2. The number of thioether (sulfide) groups is 1. The lowest BCUT2D eigenvalue weighted by Gasteiger charge is -2.28. The van der Waals surface area contributed by atoms with Gasteiger partial charge in [-0.15, -0.1) is 6.42 Å². The zero-order chi connectivity index (χ0) is 32.2. The lowest BCUT2D eigenvalue weighted by molar-refractivity contribution is -0.870. The zero-order valence-electron chi connectivity index (χ0n) is 25.4. The molecule has 0 amide bonds. The second-order valence-corrected chi connectivity index (χ2v) is 12.2. The number of Topliss-reactive ketones (excluding diaryl/α,β-unsaturated/α-hetero) is 1. The van der Waals surface area contributed by atoms with E-state index in [0.29, 0.717) is 30.0 Å². The van der Waals surface area contributed by atoms with Gasteiger partial charge < -0.3 is 27.9 Å². The second kappa shape index (κ2) is 25.4. The Balaban J connectivity index is 4.60. The van der Waals surface area contributed by atoms with E-state index < -0.39 is 19.9 Å². The van der Waals surface area contributed by atoms with Crippen molar-refractivity contribution in [2.45, 2.75) is 58.0 Å². The fourth-order valence-electron chi connectivity index (χ4n) is 2.84.